The van der Waals surface area contributed by atoms with Crippen molar-refractivity contribution >= 4 is 39.5 Å². The molecule has 200 valence electrons. The fraction of sp³-hybridized carbons (Fsp3) is 0.571. The van der Waals surface area contributed by atoms with Gasteiger partial charge in [-0.15, -0.1) is 11.3 Å². The lowest BCUT2D eigenvalue weighted by Gasteiger charge is -2.34. The van der Waals surface area contributed by atoms with E-state index >= 15 is 0 Å². The van der Waals surface area contributed by atoms with Crippen molar-refractivity contribution in [1.29, 1.82) is 0 Å². The third kappa shape index (κ3) is 6.38. The number of carbonyl (C=O) groups is 2. The van der Waals surface area contributed by atoms with Crippen LogP contribution in [0.2, 0.25) is 0 Å². The standard InChI is InChI=1S/C28H38N4O4S/c1-5-20-10-6-7-14-31(20)17-24(33)30-27-25(22-13-12-18(28(2,3)4)15-23(22)37-27)26(34)29-19-9-8-11-21(16-19)32(35)36/h8-9,11,16,18,20H,5-7,10,12-15,17H2,1-4H3,(H,29,34)(H,30,33)/t18-,20-/m1/s1. The summed E-state index contributed by atoms with van der Waals surface area (Å²) in [6.45, 7) is 10.1. The summed E-state index contributed by atoms with van der Waals surface area (Å²) < 4.78 is 0. The van der Waals surface area contributed by atoms with Crippen molar-refractivity contribution in [3.05, 3.63) is 50.4 Å². The first-order valence-electron chi connectivity index (χ1n) is 13.3. The summed E-state index contributed by atoms with van der Waals surface area (Å²) in [6, 6.07) is 6.35. The van der Waals surface area contributed by atoms with E-state index in [1.54, 1.807) is 12.1 Å². The molecule has 1 aliphatic heterocycles. The summed E-state index contributed by atoms with van der Waals surface area (Å²) in [5.41, 5.74) is 1.92. The second kappa shape index (κ2) is 11.3. The average molecular weight is 527 g/mol. The number of likely N-dealkylation sites (tertiary alicyclic amines) is 1. The number of non-ortho nitro benzene ring substituents is 1. The van der Waals surface area contributed by atoms with Crippen LogP contribution in [0.1, 0.15) is 80.6 Å². The van der Waals surface area contributed by atoms with Crippen molar-refractivity contribution < 1.29 is 14.5 Å². The van der Waals surface area contributed by atoms with Gasteiger partial charge in [0, 0.05) is 28.7 Å². The lowest BCUT2D eigenvalue weighted by Crippen LogP contribution is -2.43. The van der Waals surface area contributed by atoms with E-state index in [4.69, 9.17) is 0 Å². The highest BCUT2D eigenvalue weighted by molar-refractivity contribution is 7.17. The highest BCUT2D eigenvalue weighted by Crippen LogP contribution is 2.44. The highest BCUT2D eigenvalue weighted by atomic mass is 32.1. The number of piperidine rings is 1. The maximum atomic E-state index is 13.6. The van der Waals surface area contributed by atoms with E-state index < -0.39 is 4.92 Å². The molecule has 2 amide bonds. The van der Waals surface area contributed by atoms with Gasteiger partial charge < -0.3 is 10.6 Å². The van der Waals surface area contributed by atoms with Gasteiger partial charge in [-0.05, 0) is 68.0 Å². The van der Waals surface area contributed by atoms with E-state index in [9.17, 15) is 19.7 Å². The molecule has 1 aliphatic carbocycles. The predicted octanol–water partition coefficient (Wildman–Crippen LogP) is 6.26. The first kappa shape index (κ1) is 27.3. The molecule has 2 aliphatic rings. The van der Waals surface area contributed by atoms with Crippen LogP contribution in [0, 0.1) is 21.4 Å². The van der Waals surface area contributed by atoms with Crippen LogP contribution in [0.4, 0.5) is 16.4 Å². The van der Waals surface area contributed by atoms with E-state index in [2.05, 4.69) is 43.2 Å². The van der Waals surface area contributed by atoms with Gasteiger partial charge in [0.2, 0.25) is 5.91 Å². The molecule has 2 atom stereocenters. The molecule has 1 saturated heterocycles. The summed E-state index contributed by atoms with van der Waals surface area (Å²) in [5.74, 6) is 0.0520. The number of hydrogen-bond donors (Lipinski definition) is 2. The zero-order valence-corrected chi connectivity index (χ0v) is 23.1. The molecule has 1 fully saturated rings. The molecule has 1 aromatic carbocycles. The van der Waals surface area contributed by atoms with Gasteiger partial charge >= 0.3 is 0 Å². The number of amides is 2. The number of benzene rings is 1. The Bertz CT molecular complexity index is 1170. The van der Waals surface area contributed by atoms with Crippen molar-refractivity contribution in [3.8, 4) is 0 Å². The Labute approximate surface area is 223 Å². The number of rotatable bonds is 7. The molecule has 37 heavy (non-hydrogen) atoms. The molecule has 0 saturated carbocycles. The van der Waals surface area contributed by atoms with Crippen LogP contribution >= 0.6 is 11.3 Å². The smallest absolute Gasteiger partial charge is 0.271 e. The predicted molar refractivity (Wildman–Crippen MR) is 148 cm³/mol. The molecule has 0 radical (unpaired) electrons. The Morgan fingerprint density at radius 2 is 1.97 bits per heavy atom. The first-order valence-corrected chi connectivity index (χ1v) is 14.1. The lowest BCUT2D eigenvalue weighted by atomic mass is 9.72. The van der Waals surface area contributed by atoms with Gasteiger partial charge in [-0.3, -0.25) is 24.6 Å². The minimum atomic E-state index is -0.482. The van der Waals surface area contributed by atoms with E-state index in [1.807, 2.05) is 0 Å². The molecular weight excluding hydrogens is 488 g/mol. The van der Waals surface area contributed by atoms with Gasteiger partial charge in [-0.1, -0.05) is 40.2 Å². The van der Waals surface area contributed by atoms with Crippen LogP contribution in [0.5, 0.6) is 0 Å². The van der Waals surface area contributed by atoms with Crippen molar-refractivity contribution in [1.82, 2.24) is 4.90 Å². The molecule has 1 aromatic heterocycles. The monoisotopic (exact) mass is 526 g/mol. The molecule has 0 unspecified atom stereocenters. The summed E-state index contributed by atoms with van der Waals surface area (Å²) in [5, 5.41) is 17.7. The highest BCUT2D eigenvalue weighted by Gasteiger charge is 2.34. The lowest BCUT2D eigenvalue weighted by molar-refractivity contribution is -0.384. The van der Waals surface area contributed by atoms with E-state index in [1.165, 1.54) is 29.9 Å². The van der Waals surface area contributed by atoms with E-state index in [0.29, 0.717) is 34.8 Å². The number of nitro benzene ring substituents is 1. The SMILES string of the molecule is CC[C@@H]1CCCCN1CC(=O)Nc1sc2c(c1C(=O)Nc1cccc([N+](=O)[O-])c1)CC[C@@H](C(C)(C)C)C2. The summed E-state index contributed by atoms with van der Waals surface area (Å²) in [6.07, 6.45) is 7.05. The van der Waals surface area contributed by atoms with Crippen LogP contribution in [-0.2, 0) is 17.6 Å². The van der Waals surface area contributed by atoms with Crippen LogP contribution in [0.15, 0.2) is 24.3 Å². The van der Waals surface area contributed by atoms with Crippen molar-refractivity contribution in [3.63, 3.8) is 0 Å². The maximum absolute atomic E-state index is 13.6. The molecule has 2 aromatic rings. The Morgan fingerprint density at radius 3 is 2.68 bits per heavy atom. The molecular formula is C28H38N4O4S. The third-order valence-electron chi connectivity index (χ3n) is 7.85. The number of nitrogens with one attached hydrogen (secondary N) is 2. The van der Waals surface area contributed by atoms with Crippen molar-refractivity contribution in [2.45, 2.75) is 78.7 Å². The van der Waals surface area contributed by atoms with Crippen LogP contribution in [0.3, 0.4) is 0 Å². The van der Waals surface area contributed by atoms with Gasteiger partial charge in [-0.25, -0.2) is 0 Å². The number of thiophene rings is 1. The number of fused-ring (bicyclic) bond motifs is 1. The Kier molecular flexibility index (Phi) is 8.33. The average Bonchev–Trinajstić information content (AvgIpc) is 3.20. The number of hydrogen-bond acceptors (Lipinski definition) is 6. The topological polar surface area (TPSA) is 105 Å². The summed E-state index contributed by atoms with van der Waals surface area (Å²) >= 11 is 1.51. The van der Waals surface area contributed by atoms with Gasteiger partial charge in [0.1, 0.15) is 5.00 Å². The quantitative estimate of drug-likeness (QED) is 0.327. The van der Waals surface area contributed by atoms with Gasteiger partial charge in [-0.2, -0.15) is 0 Å². The fourth-order valence-electron chi connectivity index (χ4n) is 5.63. The maximum Gasteiger partial charge on any atom is 0.271 e. The zero-order valence-electron chi connectivity index (χ0n) is 22.3. The van der Waals surface area contributed by atoms with Crippen LogP contribution in [-0.4, -0.2) is 40.8 Å². The third-order valence-corrected chi connectivity index (χ3v) is 9.02. The van der Waals surface area contributed by atoms with Crippen molar-refractivity contribution in [2.24, 2.45) is 11.3 Å². The molecule has 8 nitrogen and oxygen atoms in total. The number of carbonyl (C=O) groups excluding carboxylic acids is 2. The van der Waals surface area contributed by atoms with Gasteiger partial charge in [0.05, 0.1) is 17.0 Å². The number of nitro groups is 1. The minimum Gasteiger partial charge on any atom is -0.322 e. The molecule has 0 spiro atoms. The molecule has 4 rings (SSSR count). The Hall–Kier alpha value is -2.78. The number of anilines is 2. The van der Waals surface area contributed by atoms with Gasteiger partial charge in [0.15, 0.2) is 0 Å². The molecule has 2 N–H and O–H groups in total. The molecule has 2 heterocycles. The van der Waals surface area contributed by atoms with Crippen molar-refractivity contribution in [2.75, 3.05) is 23.7 Å². The molecule has 9 heteroatoms. The molecule has 0 bridgehead atoms. The second-order valence-corrected chi connectivity index (χ2v) is 12.5. The van der Waals surface area contributed by atoms with Gasteiger partial charge in [0.25, 0.3) is 11.6 Å². The number of nitrogens with zero attached hydrogens (tertiary/aromatic N) is 2. The normalized spacial score (nSPS) is 20.2. The Morgan fingerprint density at radius 1 is 1.19 bits per heavy atom. The van der Waals surface area contributed by atoms with Crippen LogP contribution in [0.25, 0.3) is 0 Å². The zero-order chi connectivity index (χ0) is 26.7. The largest absolute Gasteiger partial charge is 0.322 e. The van der Waals surface area contributed by atoms with E-state index in [0.717, 1.165) is 55.5 Å². The van der Waals surface area contributed by atoms with E-state index in [-0.39, 0.29) is 22.9 Å². The Balaban J connectivity index is 1.60. The first-order chi connectivity index (χ1) is 17.6. The minimum absolute atomic E-state index is 0.0845. The van der Waals surface area contributed by atoms with Crippen LogP contribution < -0.4 is 10.6 Å². The second-order valence-electron chi connectivity index (χ2n) is 11.4. The summed E-state index contributed by atoms with van der Waals surface area (Å²) in [7, 11) is 0. The fourth-order valence-corrected chi connectivity index (χ4v) is 6.97. The summed E-state index contributed by atoms with van der Waals surface area (Å²) in [4.78, 5) is 40.9.